The molecule has 0 bridgehead atoms. The van der Waals surface area contributed by atoms with Crippen LogP contribution in [0.5, 0.6) is 0 Å². The molecule has 0 aliphatic carbocycles. The lowest BCUT2D eigenvalue weighted by atomic mass is 9.67. The average Bonchev–Trinajstić information content (AvgIpc) is 3.51. The lowest BCUT2D eigenvalue weighted by Gasteiger charge is -2.51. The Balaban J connectivity index is 1.30. The van der Waals surface area contributed by atoms with Gasteiger partial charge in [-0.25, -0.2) is 4.68 Å². The summed E-state index contributed by atoms with van der Waals surface area (Å²) < 4.78 is 2.00. The second kappa shape index (κ2) is 8.50. The van der Waals surface area contributed by atoms with Crippen molar-refractivity contribution in [3.8, 4) is 5.69 Å². The van der Waals surface area contributed by atoms with Gasteiger partial charge in [0.2, 0.25) is 0 Å². The zero-order chi connectivity index (χ0) is 21.3. The van der Waals surface area contributed by atoms with Gasteiger partial charge in [-0.3, -0.25) is 9.91 Å². The Morgan fingerprint density at radius 2 is 1.68 bits per heavy atom. The summed E-state index contributed by atoms with van der Waals surface area (Å²) in [7, 11) is 0. The first-order valence-electron chi connectivity index (χ1n) is 11.7. The Morgan fingerprint density at radius 3 is 2.39 bits per heavy atom. The van der Waals surface area contributed by atoms with Crippen molar-refractivity contribution in [3.63, 3.8) is 0 Å². The Kier molecular flexibility index (Phi) is 5.57. The zero-order valence-corrected chi connectivity index (χ0v) is 18.8. The van der Waals surface area contributed by atoms with Gasteiger partial charge in [0.15, 0.2) is 0 Å². The zero-order valence-electron chi connectivity index (χ0n) is 18.8. The second-order valence-corrected chi connectivity index (χ2v) is 9.70. The molecular formula is C25H34N6. The molecule has 1 unspecified atom stereocenters. The van der Waals surface area contributed by atoms with Crippen molar-refractivity contribution in [2.24, 2.45) is 11.3 Å². The molecule has 1 spiro atoms. The smallest absolute Gasteiger partial charge is 0.0690 e. The Morgan fingerprint density at radius 1 is 0.935 bits per heavy atom. The summed E-state index contributed by atoms with van der Waals surface area (Å²) in [5.41, 5.74) is 3.04. The minimum atomic E-state index is 0.483. The highest BCUT2D eigenvalue weighted by atomic mass is 15.6. The topological polar surface area (TPSA) is 42.1 Å². The predicted octanol–water partition coefficient (Wildman–Crippen LogP) is 4.11. The van der Waals surface area contributed by atoms with Gasteiger partial charge in [0.25, 0.3) is 0 Å². The fraction of sp³-hybridized carbons (Fsp3) is 0.520. The largest absolute Gasteiger partial charge is 0.297 e. The number of benzene rings is 1. The van der Waals surface area contributed by atoms with Crippen LogP contribution in [-0.4, -0.2) is 50.2 Å². The molecule has 0 saturated carbocycles. The number of rotatable bonds is 5. The molecule has 0 N–H and O–H groups in total. The summed E-state index contributed by atoms with van der Waals surface area (Å²) in [6, 6.07) is 13.3. The van der Waals surface area contributed by atoms with Crippen LogP contribution in [0.3, 0.4) is 0 Å². The molecular weight excluding hydrogens is 384 g/mol. The lowest BCUT2D eigenvalue weighted by molar-refractivity contribution is 0.00449. The molecule has 164 valence electrons. The Labute approximate surface area is 185 Å². The number of likely N-dealkylation sites (tertiary alicyclic amines) is 1. The average molecular weight is 419 g/mol. The molecule has 0 radical (unpaired) electrons. The van der Waals surface area contributed by atoms with Crippen LogP contribution in [0.2, 0.25) is 0 Å². The summed E-state index contributed by atoms with van der Waals surface area (Å²) in [6.45, 7) is 9.18. The highest BCUT2D eigenvalue weighted by Crippen LogP contribution is 2.45. The van der Waals surface area contributed by atoms with E-state index in [-0.39, 0.29) is 0 Å². The minimum Gasteiger partial charge on any atom is -0.297 e. The first kappa shape index (κ1) is 20.3. The van der Waals surface area contributed by atoms with E-state index in [4.69, 9.17) is 0 Å². The van der Waals surface area contributed by atoms with E-state index in [9.17, 15) is 0 Å². The third-order valence-electron chi connectivity index (χ3n) is 7.51. The highest BCUT2D eigenvalue weighted by molar-refractivity contribution is 5.40. The predicted molar refractivity (Wildman–Crippen MR) is 124 cm³/mol. The molecule has 1 atom stereocenters. The van der Waals surface area contributed by atoms with Crippen LogP contribution >= 0.6 is 0 Å². The molecule has 0 amide bonds. The van der Waals surface area contributed by atoms with Crippen molar-refractivity contribution in [1.29, 1.82) is 0 Å². The summed E-state index contributed by atoms with van der Waals surface area (Å²) >= 11 is 0. The van der Waals surface area contributed by atoms with Crippen LogP contribution in [0.15, 0.2) is 61.2 Å². The van der Waals surface area contributed by atoms with Gasteiger partial charge >= 0.3 is 0 Å². The van der Waals surface area contributed by atoms with Crippen LogP contribution in [0.4, 0.5) is 0 Å². The van der Waals surface area contributed by atoms with Crippen molar-refractivity contribution in [3.05, 3.63) is 66.7 Å². The molecule has 2 saturated heterocycles. The van der Waals surface area contributed by atoms with Gasteiger partial charge in [-0.15, -0.1) is 0 Å². The van der Waals surface area contributed by atoms with E-state index in [1.807, 2.05) is 40.2 Å². The SMILES string of the molecule is CC(C)C1CC2(CCN1Cc1ccccc1-n1cccn1)CCN(n1cccn1)CC2. The third-order valence-corrected chi connectivity index (χ3v) is 7.51. The summed E-state index contributed by atoms with van der Waals surface area (Å²) in [5, 5.41) is 11.3. The summed E-state index contributed by atoms with van der Waals surface area (Å²) in [5.74, 6) is 0.651. The molecule has 6 nitrogen and oxygen atoms in total. The molecule has 2 aromatic heterocycles. The number of para-hydroxylation sites is 1. The second-order valence-electron chi connectivity index (χ2n) is 9.70. The van der Waals surface area contributed by atoms with Gasteiger partial charge < -0.3 is 0 Å². The lowest BCUT2D eigenvalue weighted by Crippen LogP contribution is -2.54. The number of nitrogens with zero attached hydrogens (tertiary/aromatic N) is 6. The maximum atomic E-state index is 4.48. The highest BCUT2D eigenvalue weighted by Gasteiger charge is 2.42. The summed E-state index contributed by atoms with van der Waals surface area (Å²) in [6.07, 6.45) is 13.0. The van der Waals surface area contributed by atoms with Crippen molar-refractivity contribution in [2.45, 2.75) is 52.1 Å². The Bertz CT molecular complexity index is 954. The first-order chi connectivity index (χ1) is 15.1. The number of piperidine rings is 2. The molecule has 2 aliphatic rings. The summed E-state index contributed by atoms with van der Waals surface area (Å²) in [4.78, 5) is 4.76. The maximum absolute atomic E-state index is 4.48. The monoisotopic (exact) mass is 418 g/mol. The van der Waals surface area contributed by atoms with Gasteiger partial charge in [0.05, 0.1) is 11.9 Å². The van der Waals surface area contributed by atoms with Gasteiger partial charge in [0, 0.05) is 44.3 Å². The van der Waals surface area contributed by atoms with E-state index in [0.29, 0.717) is 17.4 Å². The van der Waals surface area contributed by atoms with E-state index in [1.165, 1.54) is 43.5 Å². The first-order valence-corrected chi connectivity index (χ1v) is 11.7. The number of hydrogen-bond donors (Lipinski definition) is 0. The minimum absolute atomic E-state index is 0.483. The molecule has 2 fully saturated rings. The van der Waals surface area contributed by atoms with E-state index >= 15 is 0 Å². The fourth-order valence-electron chi connectivity index (χ4n) is 5.63. The van der Waals surface area contributed by atoms with Crippen molar-refractivity contribution < 1.29 is 0 Å². The molecule has 31 heavy (non-hydrogen) atoms. The van der Waals surface area contributed by atoms with E-state index < -0.39 is 0 Å². The molecule has 3 aromatic rings. The van der Waals surface area contributed by atoms with Crippen LogP contribution < -0.4 is 5.01 Å². The number of aromatic nitrogens is 4. The normalized spacial score (nSPS) is 21.8. The fourth-order valence-corrected chi connectivity index (χ4v) is 5.63. The molecule has 1 aromatic carbocycles. The van der Waals surface area contributed by atoms with Gasteiger partial charge in [-0.1, -0.05) is 32.0 Å². The van der Waals surface area contributed by atoms with Gasteiger partial charge in [0.1, 0.15) is 0 Å². The molecule has 2 aliphatic heterocycles. The van der Waals surface area contributed by atoms with E-state index in [0.717, 1.165) is 19.6 Å². The van der Waals surface area contributed by atoms with Crippen molar-refractivity contribution in [1.82, 2.24) is 24.6 Å². The van der Waals surface area contributed by atoms with Crippen LogP contribution in [0.25, 0.3) is 5.69 Å². The standard InChI is InChI=1S/C25H34N6/c1-21(2)24-19-25(10-17-29(18-11-25)31-15-6-13-27-31)9-16-28(24)20-22-7-3-4-8-23(22)30-14-5-12-26-30/h3-8,12-15,21,24H,9-11,16-20H2,1-2H3. The molecule has 4 heterocycles. The maximum Gasteiger partial charge on any atom is 0.0690 e. The van der Waals surface area contributed by atoms with Crippen LogP contribution in [0.1, 0.15) is 45.1 Å². The van der Waals surface area contributed by atoms with Crippen molar-refractivity contribution in [2.75, 3.05) is 24.6 Å². The van der Waals surface area contributed by atoms with Gasteiger partial charge in [-0.2, -0.15) is 15.0 Å². The third kappa shape index (κ3) is 4.13. The van der Waals surface area contributed by atoms with Gasteiger partial charge in [-0.05, 0) is 67.3 Å². The van der Waals surface area contributed by atoms with Crippen LogP contribution in [-0.2, 0) is 6.54 Å². The van der Waals surface area contributed by atoms with E-state index in [1.54, 1.807) is 0 Å². The van der Waals surface area contributed by atoms with Crippen LogP contribution in [0, 0.1) is 11.3 Å². The number of hydrogen-bond acceptors (Lipinski definition) is 4. The Hall–Kier alpha value is -2.60. The molecule has 5 rings (SSSR count). The van der Waals surface area contributed by atoms with E-state index in [2.05, 4.69) is 64.4 Å². The molecule has 6 heteroatoms. The van der Waals surface area contributed by atoms with Crippen molar-refractivity contribution >= 4 is 0 Å². The quantitative estimate of drug-likeness (QED) is 0.625.